The summed E-state index contributed by atoms with van der Waals surface area (Å²) in [7, 11) is 0. The summed E-state index contributed by atoms with van der Waals surface area (Å²) in [6, 6.07) is 3.74. The Morgan fingerprint density at radius 3 is 2.64 bits per heavy atom. The third-order valence-corrected chi connectivity index (χ3v) is 1.61. The van der Waals surface area contributed by atoms with Gasteiger partial charge in [0, 0.05) is 11.3 Å². The second kappa shape index (κ2) is 4.85. The summed E-state index contributed by atoms with van der Waals surface area (Å²) in [5.41, 5.74) is 6.14. The van der Waals surface area contributed by atoms with Gasteiger partial charge in [0.2, 0.25) is 0 Å². The van der Waals surface area contributed by atoms with E-state index in [9.17, 15) is 13.2 Å². The summed E-state index contributed by atoms with van der Waals surface area (Å²) < 4.78 is 40.6. The van der Waals surface area contributed by atoms with Gasteiger partial charge in [-0.25, -0.2) is 13.2 Å². The summed E-state index contributed by atoms with van der Waals surface area (Å²) in [6.07, 6.45) is -2.50. The molecule has 14 heavy (non-hydrogen) atoms. The van der Waals surface area contributed by atoms with Gasteiger partial charge >= 0.3 is 0 Å². The number of nitrogen functional groups attached to an aromatic ring is 1. The van der Waals surface area contributed by atoms with Crippen LogP contribution in [0.1, 0.15) is 5.56 Å². The van der Waals surface area contributed by atoms with Crippen molar-refractivity contribution < 1.29 is 17.9 Å². The predicted molar refractivity (Wildman–Crippen MR) is 46.5 cm³/mol. The van der Waals surface area contributed by atoms with Gasteiger partial charge in [-0.15, -0.1) is 0 Å². The van der Waals surface area contributed by atoms with E-state index < -0.39 is 18.8 Å². The second-order valence-corrected chi connectivity index (χ2v) is 2.75. The van der Waals surface area contributed by atoms with Crippen molar-refractivity contribution in [3.63, 3.8) is 0 Å². The zero-order valence-corrected chi connectivity index (χ0v) is 7.34. The molecule has 0 aliphatic carbocycles. The van der Waals surface area contributed by atoms with Crippen molar-refractivity contribution in [1.29, 1.82) is 0 Å². The Kier molecular flexibility index (Phi) is 3.76. The van der Waals surface area contributed by atoms with E-state index in [2.05, 4.69) is 4.74 Å². The Bertz CT molecular complexity index is 304. The maximum Gasteiger partial charge on any atom is 0.261 e. The molecule has 0 atom stereocenters. The fourth-order valence-corrected chi connectivity index (χ4v) is 0.955. The summed E-state index contributed by atoms with van der Waals surface area (Å²) in [4.78, 5) is 0. The summed E-state index contributed by atoms with van der Waals surface area (Å²) >= 11 is 0. The van der Waals surface area contributed by atoms with Crippen LogP contribution in [-0.4, -0.2) is 13.0 Å². The first-order valence-electron chi connectivity index (χ1n) is 3.99. The molecule has 0 bridgehead atoms. The molecule has 2 nitrogen and oxygen atoms in total. The summed E-state index contributed by atoms with van der Waals surface area (Å²) in [6.45, 7) is -0.673. The topological polar surface area (TPSA) is 35.2 Å². The second-order valence-electron chi connectivity index (χ2n) is 2.75. The number of benzene rings is 1. The molecule has 2 N–H and O–H groups in total. The van der Waals surface area contributed by atoms with Crippen LogP contribution in [0, 0.1) is 5.82 Å². The Morgan fingerprint density at radius 2 is 2.07 bits per heavy atom. The SMILES string of the molecule is Nc1cc(F)ccc1COCC(F)F. The van der Waals surface area contributed by atoms with Crippen LogP contribution in [0.2, 0.25) is 0 Å². The van der Waals surface area contributed by atoms with Crippen molar-refractivity contribution in [3.8, 4) is 0 Å². The Morgan fingerprint density at radius 1 is 1.36 bits per heavy atom. The molecule has 0 heterocycles. The molecule has 0 fully saturated rings. The third-order valence-electron chi connectivity index (χ3n) is 1.61. The van der Waals surface area contributed by atoms with Crippen molar-refractivity contribution in [2.75, 3.05) is 12.3 Å². The molecule has 0 aliphatic heterocycles. The highest BCUT2D eigenvalue weighted by atomic mass is 19.3. The van der Waals surface area contributed by atoms with Gasteiger partial charge < -0.3 is 10.5 Å². The van der Waals surface area contributed by atoms with Gasteiger partial charge in [0.15, 0.2) is 0 Å². The fraction of sp³-hybridized carbons (Fsp3) is 0.333. The molecule has 5 heteroatoms. The smallest absolute Gasteiger partial charge is 0.261 e. The minimum Gasteiger partial charge on any atom is -0.398 e. The minimum atomic E-state index is -2.50. The molecule has 0 saturated carbocycles. The number of nitrogens with two attached hydrogens (primary N) is 1. The molecule has 0 saturated heterocycles. The first-order chi connectivity index (χ1) is 6.59. The minimum absolute atomic E-state index is 0.0313. The lowest BCUT2D eigenvalue weighted by Gasteiger charge is -2.06. The molecule has 1 aromatic rings. The standard InChI is InChI=1S/C9H10F3NO/c10-7-2-1-6(8(13)3-7)4-14-5-9(11)12/h1-3,9H,4-5,13H2. The van der Waals surface area contributed by atoms with Gasteiger partial charge in [0.25, 0.3) is 6.43 Å². The van der Waals surface area contributed by atoms with Gasteiger partial charge in [-0.3, -0.25) is 0 Å². The number of alkyl halides is 2. The van der Waals surface area contributed by atoms with E-state index in [0.717, 1.165) is 6.07 Å². The first-order valence-corrected chi connectivity index (χ1v) is 3.99. The van der Waals surface area contributed by atoms with E-state index in [1.807, 2.05) is 0 Å². The lowest BCUT2D eigenvalue weighted by molar-refractivity contribution is 0.0100. The number of ether oxygens (including phenoxy) is 1. The molecule has 0 unspecified atom stereocenters. The third kappa shape index (κ3) is 3.26. The first kappa shape index (κ1) is 10.8. The molecule has 0 aliphatic rings. The van der Waals surface area contributed by atoms with Gasteiger partial charge in [-0.05, 0) is 12.1 Å². The summed E-state index contributed by atoms with van der Waals surface area (Å²) in [5, 5.41) is 0. The lowest BCUT2D eigenvalue weighted by atomic mass is 10.2. The average Bonchev–Trinajstić information content (AvgIpc) is 2.08. The van der Waals surface area contributed by atoms with Gasteiger partial charge in [0.1, 0.15) is 12.4 Å². The number of hydrogen-bond acceptors (Lipinski definition) is 2. The van der Waals surface area contributed by atoms with Gasteiger partial charge in [-0.1, -0.05) is 6.07 Å². The van der Waals surface area contributed by atoms with E-state index in [1.54, 1.807) is 0 Å². The molecular formula is C9H10F3NO. The molecule has 0 amide bonds. The highest BCUT2D eigenvalue weighted by Gasteiger charge is 2.04. The normalized spacial score (nSPS) is 10.9. The zero-order valence-electron chi connectivity index (χ0n) is 7.34. The average molecular weight is 205 g/mol. The van der Waals surface area contributed by atoms with Crippen LogP contribution < -0.4 is 5.73 Å². The van der Waals surface area contributed by atoms with Crippen LogP contribution in [0.4, 0.5) is 18.9 Å². The van der Waals surface area contributed by atoms with Gasteiger partial charge in [-0.2, -0.15) is 0 Å². The number of hydrogen-bond donors (Lipinski definition) is 1. The fourth-order valence-electron chi connectivity index (χ4n) is 0.955. The Hall–Kier alpha value is -1.23. The molecule has 0 spiro atoms. The highest BCUT2D eigenvalue weighted by molar-refractivity contribution is 5.46. The van der Waals surface area contributed by atoms with E-state index in [0.29, 0.717) is 5.56 Å². The molecule has 1 aromatic carbocycles. The van der Waals surface area contributed by atoms with E-state index in [4.69, 9.17) is 5.73 Å². The zero-order chi connectivity index (χ0) is 10.6. The quantitative estimate of drug-likeness (QED) is 0.764. The number of halogens is 3. The Balaban J connectivity index is 2.51. The molecule has 0 aromatic heterocycles. The van der Waals surface area contributed by atoms with Crippen molar-refractivity contribution in [2.24, 2.45) is 0 Å². The van der Waals surface area contributed by atoms with Crippen molar-refractivity contribution in [3.05, 3.63) is 29.6 Å². The molecule has 1 rings (SSSR count). The van der Waals surface area contributed by atoms with Crippen LogP contribution in [0.5, 0.6) is 0 Å². The van der Waals surface area contributed by atoms with Crippen LogP contribution in [0.25, 0.3) is 0 Å². The lowest BCUT2D eigenvalue weighted by Crippen LogP contribution is -2.05. The van der Waals surface area contributed by atoms with Gasteiger partial charge in [0.05, 0.1) is 6.61 Å². The Labute approximate surface area is 79.5 Å². The van der Waals surface area contributed by atoms with Crippen molar-refractivity contribution >= 4 is 5.69 Å². The molecule has 0 radical (unpaired) electrons. The van der Waals surface area contributed by atoms with E-state index >= 15 is 0 Å². The van der Waals surface area contributed by atoms with Crippen molar-refractivity contribution in [1.82, 2.24) is 0 Å². The monoisotopic (exact) mass is 205 g/mol. The van der Waals surface area contributed by atoms with Crippen molar-refractivity contribution in [2.45, 2.75) is 13.0 Å². The van der Waals surface area contributed by atoms with Crippen LogP contribution in [-0.2, 0) is 11.3 Å². The largest absolute Gasteiger partial charge is 0.398 e. The highest BCUT2D eigenvalue weighted by Crippen LogP contribution is 2.14. The summed E-state index contributed by atoms with van der Waals surface area (Å²) in [5.74, 6) is -0.458. The number of rotatable bonds is 4. The molecular weight excluding hydrogens is 195 g/mol. The maximum absolute atomic E-state index is 12.6. The van der Waals surface area contributed by atoms with E-state index in [-0.39, 0.29) is 12.3 Å². The van der Waals surface area contributed by atoms with Crippen LogP contribution in [0.3, 0.4) is 0 Å². The van der Waals surface area contributed by atoms with Crippen LogP contribution in [0.15, 0.2) is 18.2 Å². The van der Waals surface area contributed by atoms with Crippen LogP contribution >= 0.6 is 0 Å². The molecule has 78 valence electrons. The predicted octanol–water partition coefficient (Wildman–Crippen LogP) is 2.19. The number of anilines is 1. The van der Waals surface area contributed by atoms with E-state index in [1.165, 1.54) is 12.1 Å². The maximum atomic E-state index is 12.6.